The molecule has 0 saturated carbocycles. The van der Waals surface area contributed by atoms with Crippen molar-refractivity contribution in [1.29, 1.82) is 0 Å². The molecule has 0 unspecified atom stereocenters. The van der Waals surface area contributed by atoms with Crippen molar-refractivity contribution in [3.8, 4) is 0 Å². The molecule has 0 atom stereocenters. The highest BCUT2D eigenvalue weighted by Gasteiger charge is 2.20. The first-order valence-corrected chi connectivity index (χ1v) is 9.04. The molecule has 1 aromatic rings. The number of nitrogens with two attached hydrogens (primary N) is 1. The molecule has 4 N–H and O–H groups in total. The number of pyridine rings is 1. The zero-order valence-electron chi connectivity index (χ0n) is 15.7. The maximum Gasteiger partial charge on any atom is 0.231 e. The number of amides is 1. The van der Waals surface area contributed by atoms with Gasteiger partial charge in [0, 0.05) is 44.1 Å². The van der Waals surface area contributed by atoms with Crippen LogP contribution in [0.4, 0.5) is 0 Å². The number of likely N-dealkylation sites (tertiary alicyclic amines) is 1. The average Bonchev–Trinajstić information content (AvgIpc) is 2.58. The molecule has 0 spiro atoms. The SMILES string of the molecule is CCNC(=NCCc1ccc(C)nc1)NC1CCN(CC(N)=O)CC1.I. The van der Waals surface area contributed by atoms with Crippen LogP contribution in [-0.2, 0) is 11.2 Å². The lowest BCUT2D eigenvalue weighted by Crippen LogP contribution is -2.49. The number of guanidine groups is 1. The molecule has 1 amide bonds. The van der Waals surface area contributed by atoms with Crippen molar-refractivity contribution in [3.05, 3.63) is 29.6 Å². The van der Waals surface area contributed by atoms with Crippen LogP contribution in [0.15, 0.2) is 23.3 Å². The molecule has 1 aromatic heterocycles. The molecular formula is C18H31IN6O. The maximum absolute atomic E-state index is 11.0. The van der Waals surface area contributed by atoms with Gasteiger partial charge < -0.3 is 16.4 Å². The van der Waals surface area contributed by atoms with Gasteiger partial charge in [-0.25, -0.2) is 0 Å². The molecule has 0 bridgehead atoms. The summed E-state index contributed by atoms with van der Waals surface area (Å²) in [6.07, 6.45) is 4.76. The van der Waals surface area contributed by atoms with Gasteiger partial charge in [-0.3, -0.25) is 19.7 Å². The summed E-state index contributed by atoms with van der Waals surface area (Å²) in [5, 5.41) is 6.81. The van der Waals surface area contributed by atoms with Crippen LogP contribution < -0.4 is 16.4 Å². The molecule has 1 saturated heterocycles. The molecule has 0 aromatic carbocycles. The molecule has 146 valence electrons. The number of carbonyl (C=O) groups excluding carboxylic acids is 1. The van der Waals surface area contributed by atoms with Crippen LogP contribution in [0.3, 0.4) is 0 Å². The topological polar surface area (TPSA) is 95.6 Å². The Morgan fingerprint density at radius 1 is 1.38 bits per heavy atom. The molecule has 26 heavy (non-hydrogen) atoms. The van der Waals surface area contributed by atoms with Crippen LogP contribution in [0.1, 0.15) is 31.0 Å². The lowest BCUT2D eigenvalue weighted by atomic mass is 10.1. The number of hydrogen-bond donors (Lipinski definition) is 3. The number of primary amides is 1. The van der Waals surface area contributed by atoms with Gasteiger partial charge in [0.15, 0.2) is 5.96 Å². The fourth-order valence-electron chi connectivity index (χ4n) is 2.91. The smallest absolute Gasteiger partial charge is 0.231 e. The number of aryl methyl sites for hydroxylation is 1. The minimum atomic E-state index is -0.257. The Morgan fingerprint density at radius 3 is 2.69 bits per heavy atom. The van der Waals surface area contributed by atoms with Gasteiger partial charge in [0.05, 0.1) is 6.54 Å². The van der Waals surface area contributed by atoms with Crippen molar-refractivity contribution in [1.82, 2.24) is 20.5 Å². The van der Waals surface area contributed by atoms with Gasteiger partial charge in [0.25, 0.3) is 0 Å². The van der Waals surface area contributed by atoms with Crippen molar-refractivity contribution in [2.45, 2.75) is 39.2 Å². The summed E-state index contributed by atoms with van der Waals surface area (Å²) in [5.74, 6) is 0.600. The first-order chi connectivity index (χ1) is 12.1. The number of aromatic nitrogens is 1. The van der Waals surface area contributed by atoms with Crippen molar-refractivity contribution < 1.29 is 4.79 Å². The normalized spacial score (nSPS) is 16.0. The predicted molar refractivity (Wildman–Crippen MR) is 116 cm³/mol. The second-order valence-corrected chi connectivity index (χ2v) is 6.48. The van der Waals surface area contributed by atoms with E-state index < -0.39 is 0 Å². The highest BCUT2D eigenvalue weighted by atomic mass is 127. The van der Waals surface area contributed by atoms with Crippen LogP contribution in [0.2, 0.25) is 0 Å². The molecule has 2 heterocycles. The Morgan fingerprint density at radius 2 is 2.12 bits per heavy atom. The van der Waals surface area contributed by atoms with Gasteiger partial charge in [-0.05, 0) is 44.7 Å². The van der Waals surface area contributed by atoms with Crippen LogP contribution >= 0.6 is 24.0 Å². The molecule has 1 aliphatic heterocycles. The Bertz CT molecular complexity index is 570. The zero-order chi connectivity index (χ0) is 18.1. The van der Waals surface area contributed by atoms with Gasteiger partial charge in [0.2, 0.25) is 5.91 Å². The van der Waals surface area contributed by atoms with E-state index in [1.165, 1.54) is 5.56 Å². The number of piperidine rings is 1. The van der Waals surface area contributed by atoms with Crippen molar-refractivity contribution in [2.24, 2.45) is 10.7 Å². The molecule has 0 radical (unpaired) electrons. The van der Waals surface area contributed by atoms with Crippen LogP contribution in [0.5, 0.6) is 0 Å². The van der Waals surface area contributed by atoms with Gasteiger partial charge in [0.1, 0.15) is 0 Å². The molecule has 1 aliphatic rings. The summed E-state index contributed by atoms with van der Waals surface area (Å²) in [4.78, 5) is 22.1. The number of halogens is 1. The second-order valence-electron chi connectivity index (χ2n) is 6.48. The lowest BCUT2D eigenvalue weighted by molar-refractivity contribution is -0.119. The summed E-state index contributed by atoms with van der Waals surface area (Å²) in [7, 11) is 0. The third kappa shape index (κ3) is 8.31. The van der Waals surface area contributed by atoms with Crippen molar-refractivity contribution in [2.75, 3.05) is 32.7 Å². The number of aliphatic imine (C=N–C) groups is 1. The van der Waals surface area contributed by atoms with E-state index in [4.69, 9.17) is 5.73 Å². The van der Waals surface area contributed by atoms with E-state index in [1.807, 2.05) is 19.2 Å². The summed E-state index contributed by atoms with van der Waals surface area (Å²) in [6, 6.07) is 4.51. The fourth-order valence-corrected chi connectivity index (χ4v) is 2.91. The third-order valence-corrected chi connectivity index (χ3v) is 4.30. The predicted octanol–water partition coefficient (Wildman–Crippen LogP) is 1.06. The monoisotopic (exact) mass is 474 g/mol. The van der Waals surface area contributed by atoms with E-state index in [2.05, 4.69) is 38.5 Å². The van der Waals surface area contributed by atoms with E-state index in [-0.39, 0.29) is 29.9 Å². The highest BCUT2D eigenvalue weighted by Crippen LogP contribution is 2.09. The van der Waals surface area contributed by atoms with Gasteiger partial charge in [-0.1, -0.05) is 6.07 Å². The second kappa shape index (κ2) is 12.1. The molecule has 7 nitrogen and oxygen atoms in total. The standard InChI is InChI=1S/C18H30N6O.HI/c1-3-20-18(21-9-6-15-5-4-14(2)22-12-15)23-16-7-10-24(11-8-16)13-17(19)25;/h4-5,12,16H,3,6-11,13H2,1-2H3,(H2,19,25)(H2,20,21,23);1H. The minimum Gasteiger partial charge on any atom is -0.369 e. The Kier molecular flexibility index (Phi) is 10.5. The van der Waals surface area contributed by atoms with Gasteiger partial charge in [-0.15, -0.1) is 24.0 Å². The van der Waals surface area contributed by atoms with E-state index >= 15 is 0 Å². The van der Waals surface area contributed by atoms with Crippen molar-refractivity contribution >= 4 is 35.8 Å². The average molecular weight is 474 g/mol. The first-order valence-electron chi connectivity index (χ1n) is 9.04. The number of carbonyl (C=O) groups is 1. The Labute approximate surface area is 173 Å². The summed E-state index contributed by atoms with van der Waals surface area (Å²) in [6.45, 7) is 7.73. The summed E-state index contributed by atoms with van der Waals surface area (Å²) < 4.78 is 0. The molecule has 2 rings (SSSR count). The van der Waals surface area contributed by atoms with Crippen LogP contribution in [0, 0.1) is 6.92 Å². The third-order valence-electron chi connectivity index (χ3n) is 4.30. The van der Waals surface area contributed by atoms with E-state index in [1.54, 1.807) is 0 Å². The van der Waals surface area contributed by atoms with E-state index in [9.17, 15) is 4.79 Å². The maximum atomic E-state index is 11.0. The lowest BCUT2D eigenvalue weighted by Gasteiger charge is -2.32. The van der Waals surface area contributed by atoms with Gasteiger partial charge >= 0.3 is 0 Å². The zero-order valence-corrected chi connectivity index (χ0v) is 18.0. The Balaban J connectivity index is 0.00000338. The first kappa shape index (κ1) is 22.6. The molecule has 8 heteroatoms. The quantitative estimate of drug-likeness (QED) is 0.312. The summed E-state index contributed by atoms with van der Waals surface area (Å²) in [5.41, 5.74) is 7.49. The number of nitrogens with zero attached hydrogens (tertiary/aromatic N) is 3. The van der Waals surface area contributed by atoms with E-state index in [0.717, 1.165) is 57.1 Å². The summed E-state index contributed by atoms with van der Waals surface area (Å²) >= 11 is 0. The van der Waals surface area contributed by atoms with Crippen LogP contribution in [-0.4, -0.2) is 60.5 Å². The largest absolute Gasteiger partial charge is 0.369 e. The van der Waals surface area contributed by atoms with Crippen molar-refractivity contribution in [3.63, 3.8) is 0 Å². The van der Waals surface area contributed by atoms with Gasteiger partial charge in [-0.2, -0.15) is 0 Å². The minimum absolute atomic E-state index is 0. The number of nitrogens with one attached hydrogen (secondary N) is 2. The molecule has 1 fully saturated rings. The van der Waals surface area contributed by atoms with Crippen LogP contribution in [0.25, 0.3) is 0 Å². The molecular weight excluding hydrogens is 443 g/mol. The number of rotatable bonds is 7. The fraction of sp³-hybridized carbons (Fsp3) is 0.611. The Hall–Kier alpha value is -1.42. The number of hydrogen-bond acceptors (Lipinski definition) is 4. The molecule has 0 aliphatic carbocycles. The highest BCUT2D eigenvalue weighted by molar-refractivity contribution is 14.0. The van der Waals surface area contributed by atoms with E-state index in [0.29, 0.717) is 12.6 Å².